The first-order chi connectivity index (χ1) is 7.66. The van der Waals surface area contributed by atoms with Crippen molar-refractivity contribution in [3.8, 4) is 0 Å². The van der Waals surface area contributed by atoms with Gasteiger partial charge in [-0.1, -0.05) is 20.8 Å². The molecule has 1 aromatic heterocycles. The van der Waals surface area contributed by atoms with Crippen LogP contribution in [0.2, 0.25) is 0 Å². The summed E-state index contributed by atoms with van der Waals surface area (Å²) in [6.45, 7) is 7.42. The maximum Gasteiger partial charge on any atom is 0.219 e. The van der Waals surface area contributed by atoms with Crippen LogP contribution in [-0.4, -0.2) is 22.8 Å². The van der Waals surface area contributed by atoms with Crippen LogP contribution in [0.15, 0.2) is 4.42 Å². The Labute approximate surface area is 96.8 Å². The van der Waals surface area contributed by atoms with Crippen LogP contribution in [-0.2, 0) is 6.42 Å². The fourth-order valence-corrected chi connectivity index (χ4v) is 1.51. The zero-order valence-electron chi connectivity index (χ0n) is 10.4. The summed E-state index contributed by atoms with van der Waals surface area (Å²) in [5, 5.41) is 11.6. The average Bonchev–Trinajstić information content (AvgIpc) is 2.94. The first-order valence-corrected chi connectivity index (χ1v) is 6.22. The van der Waals surface area contributed by atoms with E-state index in [9.17, 15) is 0 Å². The highest BCUT2D eigenvalue weighted by molar-refractivity contribution is 4.91. The summed E-state index contributed by atoms with van der Waals surface area (Å²) in [6.07, 6.45) is 3.48. The lowest BCUT2D eigenvalue weighted by molar-refractivity contribution is 0.379. The first kappa shape index (κ1) is 11.6. The van der Waals surface area contributed by atoms with Crippen LogP contribution in [0.25, 0.3) is 0 Å². The maximum atomic E-state index is 5.65. The van der Waals surface area contributed by atoms with Crippen LogP contribution in [0.4, 0.5) is 0 Å². The zero-order valence-corrected chi connectivity index (χ0v) is 10.4. The molecule has 0 saturated heterocycles. The molecule has 1 aliphatic carbocycles. The SMILES string of the molecule is CC(C)C(C)c1nnc(CCNC2CC2)o1. The van der Waals surface area contributed by atoms with E-state index in [0.717, 1.165) is 30.8 Å². The van der Waals surface area contributed by atoms with Crippen LogP contribution >= 0.6 is 0 Å². The molecule has 1 unspecified atom stereocenters. The van der Waals surface area contributed by atoms with E-state index in [2.05, 4.69) is 36.3 Å². The van der Waals surface area contributed by atoms with Gasteiger partial charge in [0, 0.05) is 24.9 Å². The predicted octanol–water partition coefficient (Wildman–Crippen LogP) is 2.12. The third kappa shape index (κ3) is 3.04. The van der Waals surface area contributed by atoms with E-state index in [1.807, 2.05) is 0 Å². The minimum atomic E-state index is 0.345. The lowest BCUT2D eigenvalue weighted by Crippen LogP contribution is -2.19. The highest BCUT2D eigenvalue weighted by Crippen LogP contribution is 2.22. The standard InChI is InChI=1S/C12H21N3O/c1-8(2)9(3)12-15-14-11(16-12)6-7-13-10-4-5-10/h8-10,13H,4-7H2,1-3H3. The molecular formula is C12H21N3O. The number of nitrogens with zero attached hydrogens (tertiary/aromatic N) is 2. The normalized spacial score (nSPS) is 18.0. The Kier molecular flexibility index (Phi) is 3.59. The van der Waals surface area contributed by atoms with Gasteiger partial charge in [-0.05, 0) is 18.8 Å². The summed E-state index contributed by atoms with van der Waals surface area (Å²) in [6, 6.07) is 0.747. The van der Waals surface area contributed by atoms with E-state index in [1.54, 1.807) is 0 Å². The monoisotopic (exact) mass is 223 g/mol. The van der Waals surface area contributed by atoms with Crippen LogP contribution in [0.3, 0.4) is 0 Å². The van der Waals surface area contributed by atoms with Gasteiger partial charge in [-0.3, -0.25) is 0 Å². The minimum Gasteiger partial charge on any atom is -0.425 e. The largest absolute Gasteiger partial charge is 0.425 e. The van der Waals surface area contributed by atoms with Gasteiger partial charge < -0.3 is 9.73 Å². The number of hydrogen-bond acceptors (Lipinski definition) is 4. The van der Waals surface area contributed by atoms with Gasteiger partial charge >= 0.3 is 0 Å². The van der Waals surface area contributed by atoms with Crippen LogP contribution in [0, 0.1) is 5.92 Å². The van der Waals surface area contributed by atoms with Gasteiger partial charge in [-0.25, -0.2) is 0 Å². The molecule has 0 spiro atoms. The number of rotatable bonds is 6. The van der Waals surface area contributed by atoms with Gasteiger partial charge in [0.25, 0.3) is 0 Å². The second-order valence-corrected chi connectivity index (χ2v) is 5.05. The molecule has 1 saturated carbocycles. The molecular weight excluding hydrogens is 202 g/mol. The quantitative estimate of drug-likeness (QED) is 0.802. The summed E-state index contributed by atoms with van der Waals surface area (Å²) >= 11 is 0. The third-order valence-corrected chi connectivity index (χ3v) is 3.22. The van der Waals surface area contributed by atoms with Gasteiger partial charge in [0.1, 0.15) is 0 Å². The molecule has 1 atom stereocenters. The second-order valence-electron chi connectivity index (χ2n) is 5.05. The molecule has 4 heteroatoms. The smallest absolute Gasteiger partial charge is 0.219 e. The van der Waals surface area contributed by atoms with E-state index in [1.165, 1.54) is 12.8 Å². The van der Waals surface area contributed by atoms with Crippen LogP contribution in [0.1, 0.15) is 51.3 Å². The van der Waals surface area contributed by atoms with Crippen molar-refractivity contribution in [2.24, 2.45) is 5.92 Å². The molecule has 4 nitrogen and oxygen atoms in total. The molecule has 0 amide bonds. The highest BCUT2D eigenvalue weighted by atomic mass is 16.4. The van der Waals surface area contributed by atoms with E-state index < -0.39 is 0 Å². The Morgan fingerprint density at radius 2 is 2.06 bits per heavy atom. The Hall–Kier alpha value is -0.900. The van der Waals surface area contributed by atoms with Crippen LogP contribution < -0.4 is 5.32 Å². The average molecular weight is 223 g/mol. The Balaban J connectivity index is 1.81. The van der Waals surface area contributed by atoms with Gasteiger partial charge in [-0.2, -0.15) is 0 Å². The highest BCUT2D eigenvalue weighted by Gasteiger charge is 2.20. The summed E-state index contributed by atoms with van der Waals surface area (Å²) < 4.78 is 5.65. The molecule has 0 bridgehead atoms. The fourth-order valence-electron chi connectivity index (χ4n) is 1.51. The zero-order chi connectivity index (χ0) is 11.5. The predicted molar refractivity (Wildman–Crippen MR) is 62.3 cm³/mol. The van der Waals surface area contributed by atoms with Crippen molar-refractivity contribution >= 4 is 0 Å². The molecule has 1 heterocycles. The van der Waals surface area contributed by atoms with Gasteiger partial charge in [0.15, 0.2) is 0 Å². The second kappa shape index (κ2) is 4.95. The maximum absolute atomic E-state index is 5.65. The van der Waals surface area contributed by atoms with Crippen molar-refractivity contribution in [1.29, 1.82) is 0 Å². The van der Waals surface area contributed by atoms with Crippen molar-refractivity contribution in [1.82, 2.24) is 15.5 Å². The number of nitrogens with one attached hydrogen (secondary N) is 1. The molecule has 1 N–H and O–H groups in total. The summed E-state index contributed by atoms with van der Waals surface area (Å²) in [7, 11) is 0. The van der Waals surface area contributed by atoms with E-state index in [4.69, 9.17) is 4.42 Å². The molecule has 1 fully saturated rings. The van der Waals surface area contributed by atoms with Crippen molar-refractivity contribution in [2.75, 3.05) is 6.54 Å². The Bertz CT molecular complexity index is 331. The summed E-state index contributed by atoms with van der Waals surface area (Å²) in [5.74, 6) is 2.42. The van der Waals surface area contributed by atoms with Crippen LogP contribution in [0.5, 0.6) is 0 Å². The van der Waals surface area contributed by atoms with Gasteiger partial charge in [-0.15, -0.1) is 10.2 Å². The molecule has 0 aliphatic heterocycles. The molecule has 0 aromatic carbocycles. The van der Waals surface area contributed by atoms with E-state index in [0.29, 0.717) is 11.8 Å². The van der Waals surface area contributed by atoms with E-state index in [-0.39, 0.29) is 0 Å². The molecule has 1 aromatic rings. The third-order valence-electron chi connectivity index (χ3n) is 3.22. The lowest BCUT2D eigenvalue weighted by Gasteiger charge is -2.09. The fraction of sp³-hybridized carbons (Fsp3) is 0.833. The van der Waals surface area contributed by atoms with Gasteiger partial charge in [0.05, 0.1) is 0 Å². The molecule has 0 radical (unpaired) electrons. The number of aromatic nitrogens is 2. The molecule has 1 aliphatic rings. The van der Waals surface area contributed by atoms with Crippen molar-refractivity contribution in [2.45, 2.75) is 52.0 Å². The molecule has 90 valence electrons. The van der Waals surface area contributed by atoms with Crippen molar-refractivity contribution < 1.29 is 4.42 Å². The lowest BCUT2D eigenvalue weighted by atomic mass is 9.98. The first-order valence-electron chi connectivity index (χ1n) is 6.22. The minimum absolute atomic E-state index is 0.345. The van der Waals surface area contributed by atoms with Gasteiger partial charge in [0.2, 0.25) is 11.8 Å². The molecule has 2 rings (SSSR count). The van der Waals surface area contributed by atoms with E-state index >= 15 is 0 Å². The summed E-state index contributed by atoms with van der Waals surface area (Å²) in [5.41, 5.74) is 0. The van der Waals surface area contributed by atoms with Crippen molar-refractivity contribution in [3.05, 3.63) is 11.8 Å². The summed E-state index contributed by atoms with van der Waals surface area (Å²) in [4.78, 5) is 0. The Morgan fingerprint density at radius 1 is 1.31 bits per heavy atom. The number of hydrogen-bond donors (Lipinski definition) is 1. The topological polar surface area (TPSA) is 51.0 Å². The Morgan fingerprint density at radius 3 is 2.69 bits per heavy atom. The molecule has 16 heavy (non-hydrogen) atoms. The van der Waals surface area contributed by atoms with Crippen molar-refractivity contribution in [3.63, 3.8) is 0 Å².